The van der Waals surface area contributed by atoms with Crippen molar-refractivity contribution < 1.29 is 13.2 Å². The number of sulfone groups is 1. The number of rotatable bonds is 3. The summed E-state index contributed by atoms with van der Waals surface area (Å²) in [5.74, 6) is -0.188. The molecule has 0 aliphatic heterocycles. The van der Waals surface area contributed by atoms with Gasteiger partial charge in [0.15, 0.2) is 0 Å². The number of aromatic nitrogens is 1. The molecule has 0 radical (unpaired) electrons. The van der Waals surface area contributed by atoms with Gasteiger partial charge in [-0.15, -0.1) is 0 Å². The Bertz CT molecular complexity index is 542. The normalized spacial score (nSPS) is 23.8. The average Bonchev–Trinajstić information content (AvgIpc) is 2.39. The summed E-state index contributed by atoms with van der Waals surface area (Å²) >= 11 is 0. The van der Waals surface area contributed by atoms with Crippen LogP contribution in [0.4, 0.5) is 0 Å². The summed E-state index contributed by atoms with van der Waals surface area (Å²) in [5.41, 5.74) is 0.504. The van der Waals surface area contributed by atoms with Crippen LogP contribution in [0.1, 0.15) is 36.0 Å². The van der Waals surface area contributed by atoms with Gasteiger partial charge in [0.25, 0.3) is 5.91 Å². The van der Waals surface area contributed by atoms with Crippen LogP contribution in [0.2, 0.25) is 0 Å². The highest BCUT2D eigenvalue weighted by Crippen LogP contribution is 2.24. The van der Waals surface area contributed by atoms with E-state index in [1.807, 2.05) is 0 Å². The second-order valence-electron chi connectivity index (χ2n) is 5.03. The fourth-order valence-corrected chi connectivity index (χ4v) is 3.61. The van der Waals surface area contributed by atoms with Crippen molar-refractivity contribution in [1.82, 2.24) is 10.3 Å². The monoisotopic (exact) mass is 282 g/mol. The van der Waals surface area contributed by atoms with E-state index in [-0.39, 0.29) is 17.2 Å². The van der Waals surface area contributed by atoms with Gasteiger partial charge in [0.2, 0.25) is 0 Å². The van der Waals surface area contributed by atoms with E-state index < -0.39 is 9.84 Å². The Kier molecular flexibility index (Phi) is 4.19. The Labute approximate surface area is 113 Å². The van der Waals surface area contributed by atoms with Crippen LogP contribution in [0.5, 0.6) is 0 Å². The Morgan fingerprint density at radius 1 is 1.42 bits per heavy atom. The zero-order valence-corrected chi connectivity index (χ0v) is 11.7. The molecule has 19 heavy (non-hydrogen) atoms. The lowest BCUT2D eigenvalue weighted by molar-refractivity contribution is 0.0927. The molecule has 0 aromatic carbocycles. The van der Waals surface area contributed by atoms with Crippen molar-refractivity contribution in [3.63, 3.8) is 0 Å². The van der Waals surface area contributed by atoms with E-state index in [9.17, 15) is 13.2 Å². The molecule has 1 aliphatic carbocycles. The number of carbonyl (C=O) groups excluding carboxylic acids is 1. The van der Waals surface area contributed by atoms with Crippen molar-refractivity contribution in [1.29, 1.82) is 0 Å². The molecule has 5 nitrogen and oxygen atoms in total. The molecule has 0 saturated heterocycles. The van der Waals surface area contributed by atoms with Gasteiger partial charge in [-0.25, -0.2) is 8.42 Å². The molecule has 1 aliphatic rings. The van der Waals surface area contributed by atoms with Crippen LogP contribution in [0, 0.1) is 0 Å². The van der Waals surface area contributed by atoms with Crippen LogP contribution < -0.4 is 5.32 Å². The van der Waals surface area contributed by atoms with Crippen LogP contribution in [0.25, 0.3) is 0 Å². The maximum Gasteiger partial charge on any atom is 0.253 e. The predicted octanol–water partition coefficient (Wildman–Crippen LogP) is 1.17. The third-order valence-corrected chi connectivity index (χ3v) is 5.13. The second-order valence-corrected chi connectivity index (χ2v) is 7.36. The first-order chi connectivity index (χ1) is 8.97. The number of hydrogen-bond donors (Lipinski definition) is 1. The summed E-state index contributed by atoms with van der Waals surface area (Å²) in [6.07, 6.45) is 7.24. The highest BCUT2D eigenvalue weighted by molar-refractivity contribution is 7.91. The van der Waals surface area contributed by atoms with E-state index in [0.29, 0.717) is 18.4 Å². The number of carbonyl (C=O) groups is 1. The molecule has 2 rings (SSSR count). The molecule has 6 heteroatoms. The Morgan fingerprint density at radius 2 is 2.21 bits per heavy atom. The van der Waals surface area contributed by atoms with Crippen LogP contribution in [0.15, 0.2) is 24.5 Å². The zero-order valence-electron chi connectivity index (χ0n) is 10.9. The molecule has 0 bridgehead atoms. The van der Waals surface area contributed by atoms with Gasteiger partial charge in [-0.1, -0.05) is 6.42 Å². The highest BCUT2D eigenvalue weighted by Gasteiger charge is 2.29. The molecule has 1 N–H and O–H groups in total. The number of nitrogens with zero attached hydrogens (tertiary/aromatic N) is 1. The fraction of sp³-hybridized carbons (Fsp3) is 0.538. The number of pyridine rings is 1. The first-order valence-electron chi connectivity index (χ1n) is 6.36. The van der Waals surface area contributed by atoms with E-state index in [0.717, 1.165) is 12.8 Å². The SMILES string of the molecule is CS(=O)(=O)C1CCCC(NC(=O)c2cccnc2)C1. The largest absolute Gasteiger partial charge is 0.349 e. The third-order valence-electron chi connectivity index (χ3n) is 3.49. The third kappa shape index (κ3) is 3.76. The molecule has 0 spiro atoms. The highest BCUT2D eigenvalue weighted by atomic mass is 32.2. The van der Waals surface area contributed by atoms with Gasteiger partial charge in [-0.2, -0.15) is 0 Å². The molecule has 1 saturated carbocycles. The quantitative estimate of drug-likeness (QED) is 0.903. The van der Waals surface area contributed by atoms with E-state index >= 15 is 0 Å². The second kappa shape index (κ2) is 5.69. The molecule has 1 fully saturated rings. The summed E-state index contributed by atoms with van der Waals surface area (Å²) in [6, 6.07) is 3.33. The predicted molar refractivity (Wildman–Crippen MR) is 72.6 cm³/mol. The maximum absolute atomic E-state index is 12.0. The fourth-order valence-electron chi connectivity index (χ4n) is 2.43. The standard InChI is InChI=1S/C13H18N2O3S/c1-19(17,18)12-6-2-5-11(8-12)15-13(16)10-4-3-7-14-9-10/h3-4,7,9,11-12H,2,5-6,8H2,1H3,(H,15,16). The first-order valence-corrected chi connectivity index (χ1v) is 8.32. The van der Waals surface area contributed by atoms with Crippen LogP contribution in [0.3, 0.4) is 0 Å². The summed E-state index contributed by atoms with van der Waals surface area (Å²) in [5, 5.41) is 2.56. The van der Waals surface area contributed by atoms with Gasteiger partial charge in [0, 0.05) is 24.7 Å². The van der Waals surface area contributed by atoms with Gasteiger partial charge >= 0.3 is 0 Å². The molecule has 1 amide bonds. The lowest BCUT2D eigenvalue weighted by atomic mass is 9.95. The lowest BCUT2D eigenvalue weighted by Gasteiger charge is -2.28. The van der Waals surface area contributed by atoms with Crippen molar-refractivity contribution in [2.45, 2.75) is 37.0 Å². The van der Waals surface area contributed by atoms with Gasteiger partial charge < -0.3 is 5.32 Å². The van der Waals surface area contributed by atoms with Gasteiger partial charge in [-0.3, -0.25) is 9.78 Å². The zero-order chi connectivity index (χ0) is 13.9. The molecule has 1 aromatic rings. The lowest BCUT2D eigenvalue weighted by Crippen LogP contribution is -2.41. The Hall–Kier alpha value is -1.43. The van der Waals surface area contributed by atoms with E-state index in [2.05, 4.69) is 10.3 Å². The Morgan fingerprint density at radius 3 is 2.84 bits per heavy atom. The summed E-state index contributed by atoms with van der Waals surface area (Å²) in [7, 11) is -3.02. The number of amides is 1. The van der Waals surface area contributed by atoms with Crippen LogP contribution in [-0.4, -0.2) is 36.9 Å². The van der Waals surface area contributed by atoms with Gasteiger partial charge in [0.05, 0.1) is 10.8 Å². The van der Waals surface area contributed by atoms with Crippen LogP contribution in [-0.2, 0) is 9.84 Å². The number of nitrogens with one attached hydrogen (secondary N) is 1. The molecular formula is C13H18N2O3S. The molecule has 104 valence electrons. The van der Waals surface area contributed by atoms with Crippen molar-refractivity contribution in [2.75, 3.05) is 6.26 Å². The van der Waals surface area contributed by atoms with Crippen molar-refractivity contribution in [2.24, 2.45) is 0 Å². The van der Waals surface area contributed by atoms with Crippen molar-refractivity contribution >= 4 is 15.7 Å². The summed E-state index contributed by atoms with van der Waals surface area (Å²) < 4.78 is 23.1. The molecule has 1 heterocycles. The van der Waals surface area contributed by atoms with Gasteiger partial charge in [0.1, 0.15) is 9.84 Å². The van der Waals surface area contributed by atoms with Crippen molar-refractivity contribution in [3.05, 3.63) is 30.1 Å². The van der Waals surface area contributed by atoms with E-state index in [1.54, 1.807) is 18.3 Å². The number of hydrogen-bond acceptors (Lipinski definition) is 4. The molecule has 2 atom stereocenters. The minimum Gasteiger partial charge on any atom is -0.349 e. The molecule has 1 aromatic heterocycles. The minimum atomic E-state index is -3.02. The minimum absolute atomic E-state index is 0.0684. The van der Waals surface area contributed by atoms with Crippen LogP contribution >= 0.6 is 0 Å². The van der Waals surface area contributed by atoms with Crippen molar-refractivity contribution in [3.8, 4) is 0 Å². The summed E-state index contributed by atoms with van der Waals surface area (Å²) in [6.45, 7) is 0. The molecular weight excluding hydrogens is 264 g/mol. The maximum atomic E-state index is 12.0. The smallest absolute Gasteiger partial charge is 0.253 e. The van der Waals surface area contributed by atoms with Gasteiger partial charge in [-0.05, 0) is 31.4 Å². The van der Waals surface area contributed by atoms with E-state index in [1.165, 1.54) is 12.5 Å². The topological polar surface area (TPSA) is 76.1 Å². The Balaban J connectivity index is 1.98. The summed E-state index contributed by atoms with van der Waals surface area (Å²) in [4.78, 5) is 15.9. The molecule has 2 unspecified atom stereocenters. The first kappa shape index (κ1) is 14.0. The van der Waals surface area contributed by atoms with E-state index in [4.69, 9.17) is 0 Å². The average molecular weight is 282 g/mol.